The summed E-state index contributed by atoms with van der Waals surface area (Å²) in [5.41, 5.74) is 2.50. The molecule has 1 saturated heterocycles. The minimum Gasteiger partial charge on any atom is -0.345 e. The summed E-state index contributed by atoms with van der Waals surface area (Å²) in [5.74, 6) is -1.42. The Morgan fingerprint density at radius 3 is 2.44 bits per heavy atom. The van der Waals surface area contributed by atoms with E-state index in [1.165, 1.54) is 13.0 Å². The van der Waals surface area contributed by atoms with E-state index in [1.807, 2.05) is 42.6 Å². The Hall–Kier alpha value is -3.06. The number of carbonyl (C=O) groups excluding carboxylic acids is 1. The molecule has 1 aliphatic heterocycles. The lowest BCUT2D eigenvalue weighted by Gasteiger charge is -2.34. The highest BCUT2D eigenvalue weighted by molar-refractivity contribution is 5.73. The van der Waals surface area contributed by atoms with Crippen LogP contribution in [-0.4, -0.2) is 41.2 Å². The second kappa shape index (κ2) is 10.5. The minimum absolute atomic E-state index is 0.119. The third-order valence-corrected chi connectivity index (χ3v) is 6.92. The molecule has 1 N–H and O–H groups in total. The summed E-state index contributed by atoms with van der Waals surface area (Å²) < 4.78 is 45.5. The van der Waals surface area contributed by atoms with E-state index in [0.717, 1.165) is 23.4 Å². The summed E-state index contributed by atoms with van der Waals surface area (Å²) in [6.45, 7) is 9.19. The molecule has 1 aliphatic rings. The Morgan fingerprint density at radius 1 is 1.08 bits per heavy atom. The molecule has 36 heavy (non-hydrogen) atoms. The van der Waals surface area contributed by atoms with Gasteiger partial charge >= 0.3 is 0 Å². The normalized spacial score (nSPS) is 19.0. The number of hydrogen-bond acceptors (Lipinski definition) is 2. The van der Waals surface area contributed by atoms with Crippen LogP contribution in [-0.2, 0) is 11.3 Å². The number of nitrogens with one attached hydrogen (secondary N) is 1. The molecule has 192 valence electrons. The van der Waals surface area contributed by atoms with Crippen molar-refractivity contribution in [2.75, 3.05) is 19.6 Å². The molecule has 2 aromatic carbocycles. The summed E-state index contributed by atoms with van der Waals surface area (Å²) in [4.78, 5) is 13.3. The van der Waals surface area contributed by atoms with E-state index >= 15 is 0 Å². The fraction of sp³-hybridized carbons (Fsp3) is 0.414. The first-order chi connectivity index (χ1) is 17.0. The summed E-state index contributed by atoms with van der Waals surface area (Å²) in [5, 5.41) is 3.56. The maximum absolute atomic E-state index is 14.7. The summed E-state index contributed by atoms with van der Waals surface area (Å²) in [7, 11) is 0. The summed E-state index contributed by atoms with van der Waals surface area (Å²) in [6, 6.07) is 15.1. The molecule has 0 saturated carbocycles. The molecule has 0 spiro atoms. The molecule has 3 aromatic rings. The van der Waals surface area contributed by atoms with Gasteiger partial charge < -0.3 is 14.8 Å². The molecule has 1 aromatic heterocycles. The molecule has 7 heteroatoms. The number of halogens is 3. The van der Waals surface area contributed by atoms with Gasteiger partial charge in [-0.25, -0.2) is 13.2 Å². The Morgan fingerprint density at radius 2 is 1.81 bits per heavy atom. The van der Waals surface area contributed by atoms with Crippen LogP contribution >= 0.6 is 0 Å². The van der Waals surface area contributed by atoms with Crippen molar-refractivity contribution in [3.05, 3.63) is 83.7 Å². The predicted molar refractivity (Wildman–Crippen MR) is 136 cm³/mol. The summed E-state index contributed by atoms with van der Waals surface area (Å²) >= 11 is 0. The number of amides is 1. The van der Waals surface area contributed by atoms with E-state index < -0.39 is 17.8 Å². The Kier molecular flexibility index (Phi) is 7.59. The van der Waals surface area contributed by atoms with Crippen molar-refractivity contribution in [3.63, 3.8) is 0 Å². The van der Waals surface area contributed by atoms with Gasteiger partial charge in [0.15, 0.2) is 0 Å². The van der Waals surface area contributed by atoms with Crippen molar-refractivity contribution >= 4 is 5.91 Å². The van der Waals surface area contributed by atoms with Crippen molar-refractivity contribution in [1.82, 2.24) is 14.8 Å². The lowest BCUT2D eigenvalue weighted by molar-refractivity contribution is -0.128. The quantitative estimate of drug-likeness (QED) is 0.436. The standard InChI is InChI=1S/C29H34F3N3O/c1-19(36)34-17-22(26(32)18-34)14-33-28(29(2,3)4)27-12-21(24-13-23(30)10-11-25(24)31)16-35(27)15-20-8-6-5-7-9-20/h5-13,16,22,26,28,33H,14-15,17-18H2,1-4H3. The van der Waals surface area contributed by atoms with E-state index in [0.29, 0.717) is 25.2 Å². The highest BCUT2D eigenvalue weighted by Crippen LogP contribution is 2.37. The zero-order chi connectivity index (χ0) is 26.0. The molecule has 1 amide bonds. The van der Waals surface area contributed by atoms with Crippen LogP contribution in [0.15, 0.2) is 60.8 Å². The molecule has 0 aliphatic carbocycles. The van der Waals surface area contributed by atoms with Gasteiger partial charge in [0, 0.05) is 55.5 Å². The first-order valence-electron chi connectivity index (χ1n) is 12.4. The van der Waals surface area contributed by atoms with Crippen LogP contribution in [0.1, 0.15) is 45.0 Å². The van der Waals surface area contributed by atoms with Crippen LogP contribution in [0.4, 0.5) is 13.2 Å². The van der Waals surface area contributed by atoms with Gasteiger partial charge in [-0.1, -0.05) is 51.1 Å². The number of alkyl halides is 1. The van der Waals surface area contributed by atoms with Crippen LogP contribution in [0, 0.1) is 23.0 Å². The van der Waals surface area contributed by atoms with Gasteiger partial charge in [-0.3, -0.25) is 4.79 Å². The predicted octanol–water partition coefficient (Wildman–Crippen LogP) is 5.97. The van der Waals surface area contributed by atoms with Crippen LogP contribution < -0.4 is 5.32 Å². The third kappa shape index (κ3) is 5.84. The number of likely N-dealkylation sites (tertiary alicyclic amines) is 1. The number of hydrogen-bond donors (Lipinski definition) is 1. The molecular formula is C29H34F3N3O. The first kappa shape index (κ1) is 26.0. The van der Waals surface area contributed by atoms with Gasteiger partial charge in [0.25, 0.3) is 0 Å². The first-order valence-corrected chi connectivity index (χ1v) is 12.4. The number of carbonyl (C=O) groups is 1. The second-order valence-electron chi connectivity index (χ2n) is 10.8. The third-order valence-electron chi connectivity index (χ3n) is 6.92. The molecule has 0 bridgehead atoms. The zero-order valence-electron chi connectivity index (χ0n) is 21.3. The summed E-state index contributed by atoms with van der Waals surface area (Å²) in [6.07, 6.45) is 0.765. The topological polar surface area (TPSA) is 37.3 Å². The number of benzene rings is 2. The van der Waals surface area contributed by atoms with Crippen molar-refractivity contribution < 1.29 is 18.0 Å². The van der Waals surface area contributed by atoms with Crippen LogP contribution in [0.25, 0.3) is 11.1 Å². The largest absolute Gasteiger partial charge is 0.345 e. The van der Waals surface area contributed by atoms with Crippen molar-refractivity contribution in [2.45, 2.75) is 46.5 Å². The van der Waals surface area contributed by atoms with Gasteiger partial charge in [0.1, 0.15) is 17.8 Å². The number of nitrogens with zero attached hydrogens (tertiary/aromatic N) is 2. The van der Waals surface area contributed by atoms with E-state index in [9.17, 15) is 18.0 Å². The molecule has 3 atom stereocenters. The number of aromatic nitrogens is 1. The average molecular weight is 498 g/mol. The highest BCUT2D eigenvalue weighted by Gasteiger charge is 2.36. The second-order valence-corrected chi connectivity index (χ2v) is 10.8. The average Bonchev–Trinajstić information content (AvgIpc) is 3.39. The van der Waals surface area contributed by atoms with Gasteiger partial charge in [0.05, 0.1) is 12.6 Å². The lowest BCUT2D eigenvalue weighted by Crippen LogP contribution is -2.39. The fourth-order valence-electron chi connectivity index (χ4n) is 4.96. The monoisotopic (exact) mass is 497 g/mol. The van der Waals surface area contributed by atoms with E-state index in [1.54, 1.807) is 4.90 Å². The van der Waals surface area contributed by atoms with Crippen molar-refractivity contribution in [1.29, 1.82) is 0 Å². The SMILES string of the molecule is CC(=O)N1CC(F)C(CNC(c2cc(-c3cc(F)ccc3F)cn2Cc2ccccc2)C(C)(C)C)C1. The van der Waals surface area contributed by atoms with Gasteiger partial charge in [-0.2, -0.15) is 0 Å². The smallest absolute Gasteiger partial charge is 0.219 e. The molecule has 4 nitrogen and oxygen atoms in total. The minimum atomic E-state index is -1.09. The van der Waals surface area contributed by atoms with E-state index in [2.05, 4.69) is 30.7 Å². The molecule has 4 rings (SSSR count). The maximum Gasteiger partial charge on any atom is 0.219 e. The van der Waals surface area contributed by atoms with Crippen LogP contribution in [0.2, 0.25) is 0 Å². The fourth-order valence-corrected chi connectivity index (χ4v) is 4.96. The maximum atomic E-state index is 14.7. The Labute approximate surface area is 211 Å². The molecule has 3 unspecified atom stereocenters. The molecular weight excluding hydrogens is 463 g/mol. The number of rotatable bonds is 7. The van der Waals surface area contributed by atoms with Crippen LogP contribution in [0.5, 0.6) is 0 Å². The van der Waals surface area contributed by atoms with Gasteiger partial charge in [-0.05, 0) is 35.2 Å². The van der Waals surface area contributed by atoms with E-state index in [4.69, 9.17) is 0 Å². The van der Waals surface area contributed by atoms with Crippen LogP contribution in [0.3, 0.4) is 0 Å². The highest BCUT2D eigenvalue weighted by atomic mass is 19.1. The van der Waals surface area contributed by atoms with Crippen molar-refractivity contribution in [3.8, 4) is 11.1 Å². The Bertz CT molecular complexity index is 1200. The zero-order valence-corrected chi connectivity index (χ0v) is 21.3. The molecule has 2 heterocycles. The van der Waals surface area contributed by atoms with Crippen molar-refractivity contribution in [2.24, 2.45) is 11.3 Å². The molecule has 0 radical (unpaired) electrons. The Balaban J connectivity index is 1.69. The molecule has 1 fully saturated rings. The van der Waals surface area contributed by atoms with E-state index in [-0.39, 0.29) is 35.4 Å². The van der Waals surface area contributed by atoms with Gasteiger partial charge in [0.2, 0.25) is 5.91 Å². The lowest BCUT2D eigenvalue weighted by atomic mass is 9.84. The van der Waals surface area contributed by atoms with Gasteiger partial charge in [-0.15, -0.1) is 0 Å².